The molecule has 0 aliphatic carbocycles. The van der Waals surface area contributed by atoms with Crippen LogP contribution in [0, 0.1) is 27.0 Å². The molecule has 0 aliphatic heterocycles. The number of rotatable bonds is 6. The molecule has 0 amide bonds. The first-order valence-electron chi connectivity index (χ1n) is 21.5. The quantitative estimate of drug-likeness (QED) is 0.148. The van der Waals surface area contributed by atoms with E-state index in [1.165, 1.54) is 17.2 Å². The summed E-state index contributed by atoms with van der Waals surface area (Å²) < 4.78 is 46.4. The summed E-state index contributed by atoms with van der Waals surface area (Å²) in [5, 5.41) is 4.19. The summed E-state index contributed by atoms with van der Waals surface area (Å²) in [7, 11) is 0. The molecule has 9 aromatic carbocycles. The van der Waals surface area contributed by atoms with Crippen LogP contribution in [0.4, 0.5) is 24.5 Å². The van der Waals surface area contributed by atoms with E-state index < -0.39 is 11.7 Å². The molecule has 2 heterocycles. The maximum atomic E-state index is 14.0. The number of hydrogen-bond acceptors (Lipinski definition) is 0. The second-order valence-corrected chi connectivity index (χ2v) is 16.8. The lowest BCUT2D eigenvalue weighted by molar-refractivity contribution is -0.137. The monoisotopic (exact) mass is 858 g/mol. The van der Waals surface area contributed by atoms with E-state index in [1.807, 2.05) is 60.7 Å². The van der Waals surface area contributed by atoms with Crippen molar-refractivity contribution in [1.82, 2.24) is 9.13 Å². The van der Waals surface area contributed by atoms with Crippen LogP contribution in [-0.4, -0.2) is 9.13 Å². The van der Waals surface area contributed by atoms with Gasteiger partial charge in [-0.15, -0.1) is 0 Å². The van der Waals surface area contributed by atoms with Crippen LogP contribution in [0.15, 0.2) is 188 Å². The number of alkyl halides is 3. The van der Waals surface area contributed by atoms with Crippen LogP contribution in [0.2, 0.25) is 0 Å². The second kappa shape index (κ2) is 15.6. The minimum atomic E-state index is -4.62. The Hall–Kier alpha value is -8.65. The fraction of sp³-hybridized carbons (Fsp3) is 0.0508. The fourth-order valence-corrected chi connectivity index (χ4v) is 9.54. The number of fused-ring (bicyclic) bond motifs is 6. The van der Waals surface area contributed by atoms with E-state index in [2.05, 4.69) is 142 Å². The van der Waals surface area contributed by atoms with Crippen LogP contribution in [-0.2, 0) is 6.18 Å². The van der Waals surface area contributed by atoms with E-state index in [4.69, 9.17) is 13.1 Å². The maximum absolute atomic E-state index is 14.0. The average molecular weight is 859 g/mol. The van der Waals surface area contributed by atoms with Gasteiger partial charge in [-0.2, -0.15) is 13.2 Å². The standard InChI is InChI=1S/C59H37F3N4/c1-36-16-20-38(21-17-36)40-24-29-54-47(32-40)45-10-5-7-13-52(45)65(54)56-31-26-42(44-28-27-43(59(60,61)62)35-51(44)64-4)34-49(56)58-50(63-3)12-9-15-57(58)66-53-14-8-6-11-46(53)48-33-41(25-30-55(48)66)39-22-18-37(2)19-23-39/h5-35H,1-2H3. The van der Waals surface area contributed by atoms with Gasteiger partial charge in [-0.1, -0.05) is 139 Å². The van der Waals surface area contributed by atoms with E-state index in [1.54, 1.807) is 0 Å². The summed E-state index contributed by atoms with van der Waals surface area (Å²) in [5.41, 5.74) is 13.7. The normalized spacial score (nSPS) is 11.7. The molecule has 4 nitrogen and oxygen atoms in total. The largest absolute Gasteiger partial charge is 0.415 e. The van der Waals surface area contributed by atoms with E-state index in [0.29, 0.717) is 27.9 Å². The number of halogens is 3. The van der Waals surface area contributed by atoms with E-state index in [-0.39, 0.29) is 5.69 Å². The van der Waals surface area contributed by atoms with Crippen LogP contribution in [0.25, 0.3) is 109 Å². The number of aromatic nitrogens is 2. The number of nitrogens with zero attached hydrogens (tertiary/aromatic N) is 4. The Bertz CT molecular complexity index is 3840. The Kier molecular flexibility index (Phi) is 9.46. The highest BCUT2D eigenvalue weighted by molar-refractivity contribution is 6.13. The molecule has 0 spiro atoms. The van der Waals surface area contributed by atoms with E-state index >= 15 is 0 Å². The van der Waals surface area contributed by atoms with Crippen LogP contribution in [0.5, 0.6) is 0 Å². The number of benzene rings is 9. The van der Waals surface area contributed by atoms with Gasteiger partial charge in [-0.3, -0.25) is 0 Å². The van der Waals surface area contributed by atoms with Gasteiger partial charge < -0.3 is 9.13 Å². The van der Waals surface area contributed by atoms with E-state index in [0.717, 1.165) is 89.4 Å². The predicted octanol–water partition coefficient (Wildman–Crippen LogP) is 17.3. The van der Waals surface area contributed by atoms with Gasteiger partial charge in [-0.25, -0.2) is 9.69 Å². The Labute approximate surface area is 379 Å². The van der Waals surface area contributed by atoms with Gasteiger partial charge in [0.05, 0.1) is 40.9 Å². The molecule has 0 saturated carbocycles. The zero-order chi connectivity index (χ0) is 45.3. The van der Waals surface area contributed by atoms with Gasteiger partial charge >= 0.3 is 6.18 Å². The molecule has 0 aliphatic rings. The van der Waals surface area contributed by atoms with Crippen molar-refractivity contribution in [2.75, 3.05) is 0 Å². The molecule has 0 unspecified atom stereocenters. The van der Waals surface area contributed by atoms with Gasteiger partial charge in [0, 0.05) is 38.4 Å². The second-order valence-electron chi connectivity index (χ2n) is 16.8. The SMILES string of the molecule is [C-]#[N+]c1cc(C(F)(F)F)ccc1-c1ccc(-n2c3ccccc3c3cc(-c4ccc(C)cc4)ccc32)c(-c2c([N+]#[C-])cccc2-n2c3ccccc3c3cc(-c4ccc(C)cc4)ccc32)c1. The third kappa shape index (κ3) is 6.60. The van der Waals surface area contributed by atoms with E-state index in [9.17, 15) is 13.2 Å². The lowest BCUT2D eigenvalue weighted by atomic mass is 9.93. The Balaban J connectivity index is 1.22. The summed E-state index contributed by atoms with van der Waals surface area (Å²) in [6.07, 6.45) is -4.62. The van der Waals surface area contributed by atoms with Gasteiger partial charge in [0.1, 0.15) is 0 Å². The number of para-hydroxylation sites is 2. The molecule has 0 bridgehead atoms. The Morgan fingerprint density at radius 1 is 0.394 bits per heavy atom. The average Bonchev–Trinajstić information content (AvgIpc) is 3.85. The molecule has 0 saturated heterocycles. The molecule has 0 N–H and O–H groups in total. The Morgan fingerprint density at radius 3 is 1.44 bits per heavy atom. The molecule has 2 aromatic heterocycles. The lowest BCUT2D eigenvalue weighted by Gasteiger charge is -2.21. The molecular formula is C59H37F3N4. The first-order valence-corrected chi connectivity index (χ1v) is 21.5. The molecule has 7 heteroatoms. The van der Waals surface area contributed by atoms with Crippen molar-refractivity contribution in [1.29, 1.82) is 0 Å². The van der Waals surface area contributed by atoms with Crippen molar-refractivity contribution in [3.05, 3.63) is 228 Å². The summed E-state index contributed by atoms with van der Waals surface area (Å²) in [6, 6.07) is 61.3. The van der Waals surface area contributed by atoms with Crippen molar-refractivity contribution >= 4 is 55.0 Å². The predicted molar refractivity (Wildman–Crippen MR) is 264 cm³/mol. The summed E-state index contributed by atoms with van der Waals surface area (Å²) in [6.45, 7) is 20.8. The van der Waals surface area contributed by atoms with Crippen LogP contribution in [0.1, 0.15) is 16.7 Å². The van der Waals surface area contributed by atoms with Crippen molar-refractivity contribution in [2.45, 2.75) is 20.0 Å². The molecule has 0 fully saturated rings. The highest BCUT2D eigenvalue weighted by Gasteiger charge is 2.31. The molecule has 314 valence electrons. The fourth-order valence-electron chi connectivity index (χ4n) is 9.54. The highest BCUT2D eigenvalue weighted by Crippen LogP contribution is 2.47. The summed E-state index contributed by atoms with van der Waals surface area (Å²) >= 11 is 0. The van der Waals surface area contributed by atoms with Gasteiger partial charge in [0.2, 0.25) is 0 Å². The lowest BCUT2D eigenvalue weighted by Crippen LogP contribution is -2.04. The molecule has 0 atom stereocenters. The molecule has 66 heavy (non-hydrogen) atoms. The molecule has 11 aromatic rings. The van der Waals surface area contributed by atoms with Crippen LogP contribution in [0.3, 0.4) is 0 Å². The highest BCUT2D eigenvalue weighted by atomic mass is 19.4. The zero-order valence-electron chi connectivity index (χ0n) is 35.8. The van der Waals surface area contributed by atoms with Gasteiger partial charge in [0.25, 0.3) is 0 Å². The third-order valence-electron chi connectivity index (χ3n) is 12.8. The minimum Gasteiger partial charge on any atom is -0.310 e. The van der Waals surface area contributed by atoms with Gasteiger partial charge in [-0.05, 0) is 113 Å². The topological polar surface area (TPSA) is 18.6 Å². The molecule has 11 rings (SSSR count). The maximum Gasteiger partial charge on any atom is 0.415 e. The van der Waals surface area contributed by atoms with Crippen molar-refractivity contribution in [3.8, 4) is 55.9 Å². The third-order valence-corrected chi connectivity index (χ3v) is 12.8. The van der Waals surface area contributed by atoms with Crippen LogP contribution >= 0.6 is 0 Å². The van der Waals surface area contributed by atoms with Crippen LogP contribution < -0.4 is 0 Å². The zero-order valence-corrected chi connectivity index (χ0v) is 35.8. The smallest absolute Gasteiger partial charge is 0.310 e. The van der Waals surface area contributed by atoms with Crippen molar-refractivity contribution in [3.63, 3.8) is 0 Å². The van der Waals surface area contributed by atoms with Gasteiger partial charge in [0.15, 0.2) is 11.4 Å². The molecule has 0 radical (unpaired) electrons. The number of aryl methyl sites for hydroxylation is 2. The summed E-state index contributed by atoms with van der Waals surface area (Å²) in [4.78, 5) is 7.77. The van der Waals surface area contributed by atoms with Crippen molar-refractivity contribution < 1.29 is 13.2 Å². The first-order chi connectivity index (χ1) is 32.1. The molecular weight excluding hydrogens is 822 g/mol. The summed E-state index contributed by atoms with van der Waals surface area (Å²) in [5.74, 6) is 0. The number of hydrogen-bond donors (Lipinski definition) is 0. The van der Waals surface area contributed by atoms with Crippen molar-refractivity contribution in [2.24, 2.45) is 0 Å². The minimum absolute atomic E-state index is 0.116. The first kappa shape index (κ1) is 40.1. The Morgan fingerprint density at radius 2 is 0.894 bits per heavy atom.